The molecule has 0 atom stereocenters. The predicted octanol–water partition coefficient (Wildman–Crippen LogP) is 2.16. The van der Waals surface area contributed by atoms with Crippen LogP contribution in [0.1, 0.15) is 23.0 Å². The Morgan fingerprint density at radius 3 is 2.33 bits per heavy atom. The van der Waals surface area contributed by atoms with E-state index in [2.05, 4.69) is 5.10 Å². The molecule has 0 aliphatic carbocycles. The summed E-state index contributed by atoms with van der Waals surface area (Å²) in [5, 5.41) is 4.14. The number of rotatable bonds is 6. The van der Waals surface area contributed by atoms with Gasteiger partial charge in [0.05, 0.1) is 27.5 Å². The molecule has 0 aliphatic heterocycles. The number of carbonyl (C=O) groups excluding carboxylic acids is 1. The highest BCUT2D eigenvalue weighted by atomic mass is 16.5. The highest BCUT2D eigenvalue weighted by Crippen LogP contribution is 2.30. The molecule has 0 radical (unpaired) electrons. The molecule has 1 aromatic carbocycles. The maximum absolute atomic E-state index is 12.7. The van der Waals surface area contributed by atoms with E-state index in [0.29, 0.717) is 35.1 Å². The second-order valence-electron chi connectivity index (χ2n) is 4.28. The van der Waals surface area contributed by atoms with Crippen molar-refractivity contribution < 1.29 is 19.0 Å². The van der Waals surface area contributed by atoms with Crippen LogP contribution in [0.2, 0.25) is 0 Å². The molecule has 0 saturated heterocycles. The molecule has 0 unspecified atom stereocenters. The summed E-state index contributed by atoms with van der Waals surface area (Å²) in [5.41, 5.74) is 0.911. The van der Waals surface area contributed by atoms with Gasteiger partial charge < -0.3 is 14.2 Å². The summed E-state index contributed by atoms with van der Waals surface area (Å²) in [5.74, 6) is 1.36. The number of hydrogen-bond donors (Lipinski definition) is 0. The van der Waals surface area contributed by atoms with Crippen LogP contribution < -0.4 is 14.2 Å². The third-order valence-electron chi connectivity index (χ3n) is 3.19. The van der Waals surface area contributed by atoms with E-state index in [9.17, 15) is 4.79 Å². The van der Waals surface area contributed by atoms with Crippen molar-refractivity contribution in [2.75, 3.05) is 21.3 Å². The fourth-order valence-corrected chi connectivity index (χ4v) is 2.10. The third kappa shape index (κ3) is 2.69. The van der Waals surface area contributed by atoms with Crippen molar-refractivity contribution in [3.8, 4) is 17.2 Å². The molecule has 0 aliphatic rings. The fourth-order valence-electron chi connectivity index (χ4n) is 2.10. The molecule has 0 N–H and O–H groups in total. The fraction of sp³-hybridized carbons (Fsp3) is 0.333. The lowest BCUT2D eigenvalue weighted by Crippen LogP contribution is -2.12. The quantitative estimate of drug-likeness (QED) is 0.763. The molecule has 1 aromatic heterocycles. The molecule has 6 nitrogen and oxygen atoms in total. The van der Waals surface area contributed by atoms with Crippen LogP contribution in [0, 0.1) is 0 Å². The minimum Gasteiger partial charge on any atom is -0.493 e. The first-order valence-electron chi connectivity index (χ1n) is 6.52. The van der Waals surface area contributed by atoms with Gasteiger partial charge in [-0.05, 0) is 25.1 Å². The van der Waals surface area contributed by atoms with Crippen LogP contribution in [0.3, 0.4) is 0 Å². The van der Waals surface area contributed by atoms with Gasteiger partial charge in [0.25, 0.3) is 0 Å². The lowest BCUT2D eigenvalue weighted by atomic mass is 10.1. The first-order valence-corrected chi connectivity index (χ1v) is 6.52. The predicted molar refractivity (Wildman–Crippen MR) is 77.4 cm³/mol. The second kappa shape index (κ2) is 6.30. The Hall–Kier alpha value is -2.50. The third-order valence-corrected chi connectivity index (χ3v) is 3.19. The number of ketones is 1. The Morgan fingerprint density at radius 1 is 1.10 bits per heavy atom. The Morgan fingerprint density at radius 2 is 1.76 bits per heavy atom. The van der Waals surface area contributed by atoms with Gasteiger partial charge in [-0.25, -0.2) is 0 Å². The van der Waals surface area contributed by atoms with E-state index in [0.717, 1.165) is 0 Å². The van der Waals surface area contributed by atoms with Crippen molar-refractivity contribution in [2.45, 2.75) is 13.5 Å². The van der Waals surface area contributed by atoms with Crippen molar-refractivity contribution in [2.24, 2.45) is 0 Å². The number of aromatic nitrogens is 2. The lowest BCUT2D eigenvalue weighted by molar-refractivity contribution is 0.102. The second-order valence-corrected chi connectivity index (χ2v) is 4.28. The van der Waals surface area contributed by atoms with Crippen molar-refractivity contribution in [3.63, 3.8) is 0 Å². The smallest absolute Gasteiger partial charge is 0.214 e. The molecule has 0 amide bonds. The largest absolute Gasteiger partial charge is 0.493 e. The molecule has 0 spiro atoms. The van der Waals surface area contributed by atoms with Crippen LogP contribution in [0.25, 0.3) is 0 Å². The van der Waals surface area contributed by atoms with Gasteiger partial charge in [0, 0.05) is 12.1 Å². The molecule has 1 heterocycles. The number of ether oxygens (including phenoxy) is 3. The average molecular weight is 290 g/mol. The SMILES string of the molecule is CCn1ncc(OC)c1C(=O)c1ccc(OC)c(OC)c1. The summed E-state index contributed by atoms with van der Waals surface area (Å²) in [4.78, 5) is 12.7. The molecule has 6 heteroatoms. The van der Waals surface area contributed by atoms with Gasteiger partial charge in [-0.15, -0.1) is 0 Å². The monoisotopic (exact) mass is 290 g/mol. The summed E-state index contributed by atoms with van der Waals surface area (Å²) in [6.45, 7) is 2.50. The topological polar surface area (TPSA) is 62.6 Å². The molecule has 0 saturated carbocycles. The van der Waals surface area contributed by atoms with Crippen molar-refractivity contribution in [3.05, 3.63) is 35.7 Å². The molecular weight excluding hydrogens is 272 g/mol. The number of benzene rings is 1. The van der Waals surface area contributed by atoms with Crippen LogP contribution in [-0.4, -0.2) is 36.9 Å². The van der Waals surface area contributed by atoms with Gasteiger partial charge in [-0.2, -0.15) is 5.10 Å². The Balaban J connectivity index is 2.47. The van der Waals surface area contributed by atoms with E-state index in [4.69, 9.17) is 14.2 Å². The Labute approximate surface area is 123 Å². The zero-order chi connectivity index (χ0) is 15.4. The standard InChI is InChI=1S/C15H18N2O4/c1-5-17-14(13(21-4)9-16-17)15(18)10-6-7-11(19-2)12(8-10)20-3/h6-9H,5H2,1-4H3. The molecule has 0 bridgehead atoms. The highest BCUT2D eigenvalue weighted by molar-refractivity contribution is 6.09. The Bertz CT molecular complexity index is 628. The minimum absolute atomic E-state index is 0.174. The summed E-state index contributed by atoms with van der Waals surface area (Å²) in [6.07, 6.45) is 1.54. The number of methoxy groups -OCH3 is 3. The van der Waals surface area contributed by atoms with Gasteiger partial charge in [-0.3, -0.25) is 9.48 Å². The van der Waals surface area contributed by atoms with E-state index in [1.807, 2.05) is 6.92 Å². The average Bonchev–Trinajstić information content (AvgIpc) is 2.96. The molecule has 112 valence electrons. The molecular formula is C15H18N2O4. The zero-order valence-corrected chi connectivity index (χ0v) is 12.5. The summed E-state index contributed by atoms with van der Waals surface area (Å²) >= 11 is 0. The van der Waals surface area contributed by atoms with Crippen LogP contribution in [-0.2, 0) is 6.54 Å². The Kier molecular flexibility index (Phi) is 4.47. The summed E-state index contributed by atoms with van der Waals surface area (Å²) in [7, 11) is 4.60. The normalized spacial score (nSPS) is 10.3. The van der Waals surface area contributed by atoms with Crippen molar-refractivity contribution >= 4 is 5.78 Å². The number of nitrogens with zero attached hydrogens (tertiary/aromatic N) is 2. The van der Waals surface area contributed by atoms with E-state index in [1.165, 1.54) is 20.4 Å². The van der Waals surface area contributed by atoms with Crippen LogP contribution >= 0.6 is 0 Å². The van der Waals surface area contributed by atoms with Crippen molar-refractivity contribution in [1.82, 2.24) is 9.78 Å². The molecule has 2 aromatic rings. The first kappa shape index (κ1) is 14.9. The van der Waals surface area contributed by atoms with Crippen molar-refractivity contribution in [1.29, 1.82) is 0 Å². The maximum Gasteiger partial charge on any atom is 0.214 e. The summed E-state index contributed by atoms with van der Waals surface area (Å²) in [6, 6.07) is 5.04. The number of carbonyl (C=O) groups is 1. The van der Waals surface area contributed by atoms with Crippen LogP contribution in [0.4, 0.5) is 0 Å². The number of aryl methyl sites for hydroxylation is 1. The van der Waals surface area contributed by atoms with Gasteiger partial charge in [0.1, 0.15) is 0 Å². The first-order chi connectivity index (χ1) is 10.2. The minimum atomic E-state index is -0.174. The van der Waals surface area contributed by atoms with Crippen LogP contribution in [0.5, 0.6) is 17.2 Å². The van der Waals surface area contributed by atoms with E-state index < -0.39 is 0 Å². The van der Waals surface area contributed by atoms with E-state index in [-0.39, 0.29) is 5.78 Å². The summed E-state index contributed by atoms with van der Waals surface area (Å²) < 4.78 is 17.2. The zero-order valence-electron chi connectivity index (χ0n) is 12.5. The molecule has 21 heavy (non-hydrogen) atoms. The van der Waals surface area contributed by atoms with Crippen LogP contribution in [0.15, 0.2) is 24.4 Å². The van der Waals surface area contributed by atoms with Gasteiger partial charge in [-0.1, -0.05) is 0 Å². The maximum atomic E-state index is 12.7. The van der Waals surface area contributed by atoms with Gasteiger partial charge in [0.2, 0.25) is 5.78 Å². The lowest BCUT2D eigenvalue weighted by Gasteiger charge is -2.10. The molecule has 2 rings (SSSR count). The number of hydrogen-bond acceptors (Lipinski definition) is 5. The highest BCUT2D eigenvalue weighted by Gasteiger charge is 2.21. The van der Waals surface area contributed by atoms with E-state index >= 15 is 0 Å². The van der Waals surface area contributed by atoms with Gasteiger partial charge in [0.15, 0.2) is 22.9 Å². The van der Waals surface area contributed by atoms with Gasteiger partial charge >= 0.3 is 0 Å². The van der Waals surface area contributed by atoms with E-state index in [1.54, 1.807) is 30.0 Å². The molecule has 0 fully saturated rings.